The van der Waals surface area contributed by atoms with Crippen molar-refractivity contribution in [1.29, 1.82) is 0 Å². The molecule has 1 aliphatic rings. The first kappa shape index (κ1) is 19.4. The van der Waals surface area contributed by atoms with E-state index in [4.69, 9.17) is 9.84 Å². The van der Waals surface area contributed by atoms with Crippen molar-refractivity contribution in [3.8, 4) is 0 Å². The van der Waals surface area contributed by atoms with Gasteiger partial charge in [-0.2, -0.15) is 0 Å². The van der Waals surface area contributed by atoms with Crippen molar-refractivity contribution in [2.24, 2.45) is 0 Å². The molecule has 2 N–H and O–H groups in total. The zero-order valence-electron chi connectivity index (χ0n) is 15.6. The van der Waals surface area contributed by atoms with Gasteiger partial charge in [0.05, 0.1) is 19.8 Å². The molecule has 8 nitrogen and oxygen atoms in total. The number of rotatable bonds is 5. The van der Waals surface area contributed by atoms with Crippen LogP contribution in [0.4, 0.5) is 0 Å². The molecule has 29 heavy (non-hydrogen) atoms. The maximum atomic E-state index is 12.8. The van der Waals surface area contributed by atoms with Crippen molar-refractivity contribution in [2.45, 2.75) is 6.10 Å². The van der Waals surface area contributed by atoms with Crippen LogP contribution in [0.5, 0.6) is 0 Å². The number of pyridine rings is 2. The number of carbonyl (C=O) groups is 2. The molecule has 1 aliphatic heterocycles. The summed E-state index contributed by atoms with van der Waals surface area (Å²) in [6.07, 6.45) is 2.81. The average Bonchev–Trinajstić information content (AvgIpc) is 3.17. The van der Waals surface area contributed by atoms with E-state index < -0.39 is 6.10 Å². The van der Waals surface area contributed by atoms with Gasteiger partial charge in [0.25, 0.3) is 11.8 Å². The highest BCUT2D eigenvalue weighted by molar-refractivity contribution is 7.20. The van der Waals surface area contributed by atoms with Crippen LogP contribution in [-0.4, -0.2) is 64.6 Å². The normalized spacial score (nSPS) is 16.7. The van der Waals surface area contributed by atoms with Crippen LogP contribution in [0, 0.1) is 0 Å². The molecular weight excluding hydrogens is 392 g/mol. The van der Waals surface area contributed by atoms with E-state index in [0.717, 1.165) is 15.8 Å². The SMILES string of the molecule is O=C(NCCO)c1sc2ncccc2c1[C@H]1CN(C(=O)c2ccccn2)CCO1. The van der Waals surface area contributed by atoms with Gasteiger partial charge in [0.15, 0.2) is 0 Å². The Bertz CT molecular complexity index is 1020. The fourth-order valence-corrected chi connectivity index (χ4v) is 4.46. The van der Waals surface area contributed by atoms with Gasteiger partial charge < -0.3 is 20.1 Å². The Morgan fingerprint density at radius 3 is 2.90 bits per heavy atom. The summed E-state index contributed by atoms with van der Waals surface area (Å²) >= 11 is 1.28. The summed E-state index contributed by atoms with van der Waals surface area (Å²) in [5, 5.41) is 12.6. The number of carbonyl (C=O) groups excluding carboxylic acids is 2. The minimum absolute atomic E-state index is 0.142. The fraction of sp³-hybridized carbons (Fsp3) is 0.300. The van der Waals surface area contributed by atoms with Gasteiger partial charge in [-0.25, -0.2) is 4.98 Å². The highest BCUT2D eigenvalue weighted by Gasteiger charge is 2.32. The quantitative estimate of drug-likeness (QED) is 0.660. The van der Waals surface area contributed by atoms with Crippen LogP contribution in [0.2, 0.25) is 0 Å². The van der Waals surface area contributed by atoms with E-state index in [1.54, 1.807) is 35.5 Å². The number of fused-ring (bicyclic) bond motifs is 1. The van der Waals surface area contributed by atoms with E-state index in [1.165, 1.54) is 11.3 Å². The van der Waals surface area contributed by atoms with Gasteiger partial charge in [0.1, 0.15) is 21.5 Å². The number of nitrogens with zero attached hydrogens (tertiary/aromatic N) is 3. The summed E-state index contributed by atoms with van der Waals surface area (Å²) in [7, 11) is 0. The first-order valence-electron chi connectivity index (χ1n) is 9.27. The number of aliphatic hydroxyl groups excluding tert-OH is 1. The average molecular weight is 412 g/mol. The molecular formula is C20H20N4O4S. The maximum absolute atomic E-state index is 12.8. The first-order chi connectivity index (χ1) is 14.2. The zero-order valence-corrected chi connectivity index (χ0v) is 16.4. The Morgan fingerprint density at radius 1 is 1.24 bits per heavy atom. The Morgan fingerprint density at radius 2 is 2.10 bits per heavy atom. The van der Waals surface area contributed by atoms with Crippen LogP contribution in [-0.2, 0) is 4.74 Å². The summed E-state index contributed by atoms with van der Waals surface area (Å²) in [4.78, 5) is 36.9. The molecule has 150 valence electrons. The van der Waals surface area contributed by atoms with Gasteiger partial charge in [-0.05, 0) is 18.2 Å². The lowest BCUT2D eigenvalue weighted by molar-refractivity contribution is -0.0224. The number of thiophene rings is 1. The predicted octanol–water partition coefficient (Wildman–Crippen LogP) is 1.63. The Balaban J connectivity index is 1.66. The van der Waals surface area contributed by atoms with Gasteiger partial charge in [0, 0.05) is 36.4 Å². The third-order valence-corrected chi connectivity index (χ3v) is 5.80. The molecule has 1 fully saturated rings. The fourth-order valence-electron chi connectivity index (χ4n) is 3.35. The summed E-state index contributed by atoms with van der Waals surface area (Å²) < 4.78 is 5.98. The summed E-state index contributed by atoms with van der Waals surface area (Å²) in [6.45, 7) is 1.15. The molecule has 4 heterocycles. The van der Waals surface area contributed by atoms with Crippen LogP contribution in [0.3, 0.4) is 0 Å². The molecule has 0 radical (unpaired) electrons. The van der Waals surface area contributed by atoms with Crippen LogP contribution >= 0.6 is 11.3 Å². The van der Waals surface area contributed by atoms with E-state index in [0.29, 0.717) is 30.3 Å². The van der Waals surface area contributed by atoms with Crippen LogP contribution in [0.25, 0.3) is 10.2 Å². The number of nitrogens with one attached hydrogen (secondary N) is 1. The minimum atomic E-state index is -0.454. The Kier molecular flexibility index (Phi) is 5.79. The number of aliphatic hydroxyl groups is 1. The Hall–Kier alpha value is -2.88. The molecule has 0 spiro atoms. The van der Waals surface area contributed by atoms with Crippen LogP contribution in [0.1, 0.15) is 31.8 Å². The smallest absolute Gasteiger partial charge is 0.272 e. The molecule has 0 saturated carbocycles. The van der Waals surface area contributed by atoms with Crippen molar-refractivity contribution < 1.29 is 19.4 Å². The lowest BCUT2D eigenvalue weighted by Gasteiger charge is -2.33. The first-order valence-corrected chi connectivity index (χ1v) is 10.1. The third kappa shape index (κ3) is 3.98. The summed E-state index contributed by atoms with van der Waals surface area (Å²) in [5.41, 5.74) is 1.11. The van der Waals surface area contributed by atoms with Gasteiger partial charge in [-0.15, -0.1) is 11.3 Å². The largest absolute Gasteiger partial charge is 0.395 e. The van der Waals surface area contributed by atoms with Crippen molar-refractivity contribution in [3.63, 3.8) is 0 Å². The third-order valence-electron chi connectivity index (χ3n) is 4.67. The lowest BCUT2D eigenvalue weighted by Crippen LogP contribution is -2.43. The molecule has 1 atom stereocenters. The molecule has 0 aromatic carbocycles. The van der Waals surface area contributed by atoms with Crippen molar-refractivity contribution in [1.82, 2.24) is 20.2 Å². The topological polar surface area (TPSA) is 105 Å². The number of hydrogen-bond donors (Lipinski definition) is 2. The number of amides is 2. The van der Waals surface area contributed by atoms with Crippen molar-refractivity contribution in [2.75, 3.05) is 32.8 Å². The number of ether oxygens (including phenoxy) is 1. The molecule has 2 amide bonds. The van der Waals surface area contributed by atoms with Crippen molar-refractivity contribution in [3.05, 3.63) is 58.9 Å². The molecule has 9 heteroatoms. The Labute approximate surface area is 171 Å². The molecule has 0 aliphatic carbocycles. The van der Waals surface area contributed by atoms with E-state index in [2.05, 4.69) is 15.3 Å². The molecule has 3 aromatic heterocycles. The molecule has 0 bridgehead atoms. The second-order valence-corrected chi connectivity index (χ2v) is 7.51. The number of hydrogen-bond acceptors (Lipinski definition) is 7. The minimum Gasteiger partial charge on any atom is -0.395 e. The predicted molar refractivity (Wildman–Crippen MR) is 108 cm³/mol. The maximum Gasteiger partial charge on any atom is 0.272 e. The van der Waals surface area contributed by atoms with E-state index in [1.807, 2.05) is 12.1 Å². The second-order valence-electron chi connectivity index (χ2n) is 6.51. The van der Waals surface area contributed by atoms with E-state index >= 15 is 0 Å². The van der Waals surface area contributed by atoms with Gasteiger partial charge in [-0.1, -0.05) is 12.1 Å². The van der Waals surface area contributed by atoms with Gasteiger partial charge >= 0.3 is 0 Å². The van der Waals surface area contributed by atoms with E-state index in [-0.39, 0.29) is 25.0 Å². The highest BCUT2D eigenvalue weighted by Crippen LogP contribution is 2.37. The standard InChI is InChI=1S/C20H20N4O4S/c25-10-8-22-18(26)17-16(13-4-3-7-23-19(13)29-17)15-12-24(9-11-28-15)20(27)14-5-1-2-6-21-14/h1-7,15,25H,8-12H2,(H,22,26)/t15-/m1/s1. The molecule has 1 saturated heterocycles. The molecule has 3 aromatic rings. The summed E-state index contributed by atoms with van der Waals surface area (Å²) in [6, 6.07) is 8.94. The lowest BCUT2D eigenvalue weighted by atomic mass is 10.0. The highest BCUT2D eigenvalue weighted by atomic mass is 32.1. The number of morpholine rings is 1. The second kappa shape index (κ2) is 8.64. The van der Waals surface area contributed by atoms with Crippen molar-refractivity contribution >= 4 is 33.4 Å². The molecule has 0 unspecified atom stereocenters. The monoisotopic (exact) mass is 412 g/mol. The zero-order chi connectivity index (χ0) is 20.2. The van der Waals surface area contributed by atoms with Crippen LogP contribution < -0.4 is 5.32 Å². The number of aromatic nitrogens is 2. The van der Waals surface area contributed by atoms with Gasteiger partial charge in [-0.3, -0.25) is 14.6 Å². The van der Waals surface area contributed by atoms with Crippen LogP contribution in [0.15, 0.2) is 42.7 Å². The van der Waals surface area contributed by atoms with E-state index in [9.17, 15) is 9.59 Å². The van der Waals surface area contributed by atoms with Gasteiger partial charge in [0.2, 0.25) is 0 Å². The summed E-state index contributed by atoms with van der Waals surface area (Å²) in [5.74, 6) is -0.448. The molecule has 4 rings (SSSR count).